The number of nitrogens with two attached hydrogens (primary N) is 1. The van der Waals surface area contributed by atoms with E-state index in [1.54, 1.807) is 6.20 Å². The van der Waals surface area contributed by atoms with E-state index in [4.69, 9.17) is 5.73 Å². The molecule has 2 aliphatic heterocycles. The molecule has 5 nitrogen and oxygen atoms in total. The molecule has 2 fully saturated rings. The van der Waals surface area contributed by atoms with Gasteiger partial charge in [-0.3, -0.25) is 4.90 Å². The molecule has 2 aromatic heterocycles. The minimum Gasteiger partial charge on any atom is -0.383 e. The van der Waals surface area contributed by atoms with Gasteiger partial charge in [-0.05, 0) is 37.9 Å². The summed E-state index contributed by atoms with van der Waals surface area (Å²) >= 11 is 0. The van der Waals surface area contributed by atoms with E-state index >= 15 is 0 Å². The van der Waals surface area contributed by atoms with Crippen molar-refractivity contribution in [3.63, 3.8) is 0 Å². The average Bonchev–Trinajstić information content (AvgIpc) is 3.14. The fraction of sp³-hybridized carbons (Fsp3) is 0.467. The van der Waals surface area contributed by atoms with Gasteiger partial charge in [-0.25, -0.2) is 9.97 Å². The molecular formula is C15H19N5. The van der Waals surface area contributed by atoms with E-state index < -0.39 is 0 Å². The minimum absolute atomic E-state index is 0.523. The Morgan fingerprint density at radius 2 is 2.15 bits per heavy atom. The summed E-state index contributed by atoms with van der Waals surface area (Å²) in [6.07, 6.45) is 9.41. The molecule has 0 saturated carbocycles. The summed E-state index contributed by atoms with van der Waals surface area (Å²) in [4.78, 5) is 11.2. The number of anilines is 1. The molecule has 2 N–H and O–H groups in total. The third-order valence-corrected chi connectivity index (χ3v) is 4.71. The minimum atomic E-state index is 0.523. The third-order valence-electron chi connectivity index (χ3n) is 4.71. The normalized spacial score (nSPS) is 26.0. The number of fused-ring (bicyclic) bond motifs is 1. The summed E-state index contributed by atoms with van der Waals surface area (Å²) in [7, 11) is 0. The highest BCUT2D eigenvalue weighted by Gasteiger charge is 2.38. The van der Waals surface area contributed by atoms with Crippen LogP contribution in [0.5, 0.6) is 0 Å². The molecule has 2 saturated heterocycles. The van der Waals surface area contributed by atoms with Gasteiger partial charge in [0.1, 0.15) is 5.82 Å². The van der Waals surface area contributed by atoms with Crippen LogP contribution in [0.25, 0.3) is 11.3 Å². The van der Waals surface area contributed by atoms with Crippen LogP contribution < -0.4 is 5.73 Å². The highest BCUT2D eigenvalue weighted by molar-refractivity contribution is 5.70. The van der Waals surface area contributed by atoms with Gasteiger partial charge in [-0.2, -0.15) is 0 Å². The van der Waals surface area contributed by atoms with E-state index in [9.17, 15) is 0 Å². The number of rotatable bonds is 2. The van der Waals surface area contributed by atoms with Crippen LogP contribution in [-0.2, 0) is 0 Å². The first-order valence-electron chi connectivity index (χ1n) is 7.31. The van der Waals surface area contributed by atoms with Crippen LogP contribution in [0.3, 0.4) is 0 Å². The Balaban J connectivity index is 1.74. The fourth-order valence-corrected chi connectivity index (χ4v) is 3.79. The lowest BCUT2D eigenvalue weighted by atomic mass is 10.1. The van der Waals surface area contributed by atoms with Crippen LogP contribution in [0, 0.1) is 0 Å². The van der Waals surface area contributed by atoms with Crippen LogP contribution in [-0.4, -0.2) is 38.6 Å². The zero-order valence-electron chi connectivity index (χ0n) is 11.4. The van der Waals surface area contributed by atoms with E-state index in [-0.39, 0.29) is 0 Å². The molecule has 0 radical (unpaired) electrons. The average molecular weight is 269 g/mol. The van der Waals surface area contributed by atoms with E-state index in [0.29, 0.717) is 17.9 Å². The molecule has 2 unspecified atom stereocenters. The maximum atomic E-state index is 6.02. The zero-order chi connectivity index (χ0) is 13.5. The molecule has 2 aromatic rings. The van der Waals surface area contributed by atoms with Gasteiger partial charge < -0.3 is 10.3 Å². The van der Waals surface area contributed by atoms with Gasteiger partial charge in [0.15, 0.2) is 0 Å². The topological polar surface area (TPSA) is 60.0 Å². The Bertz CT molecular complexity index is 620. The highest BCUT2D eigenvalue weighted by atomic mass is 15.3. The van der Waals surface area contributed by atoms with E-state index in [0.717, 1.165) is 11.3 Å². The molecule has 104 valence electrons. The number of nitrogen functional groups attached to an aromatic ring is 1. The molecule has 0 aliphatic carbocycles. The van der Waals surface area contributed by atoms with Gasteiger partial charge in [0.05, 0.1) is 24.3 Å². The third kappa shape index (κ3) is 1.73. The largest absolute Gasteiger partial charge is 0.383 e. The predicted molar refractivity (Wildman–Crippen MR) is 78.1 cm³/mol. The molecule has 0 amide bonds. The monoisotopic (exact) mass is 269 g/mol. The first kappa shape index (κ1) is 11.9. The van der Waals surface area contributed by atoms with Crippen molar-refractivity contribution in [1.82, 2.24) is 19.4 Å². The molecule has 4 rings (SSSR count). The first-order valence-corrected chi connectivity index (χ1v) is 7.31. The van der Waals surface area contributed by atoms with Gasteiger partial charge >= 0.3 is 0 Å². The molecule has 4 heterocycles. The number of nitrogens with zero attached hydrogens (tertiary/aromatic N) is 4. The maximum Gasteiger partial charge on any atom is 0.132 e. The first-order chi connectivity index (χ1) is 9.84. The van der Waals surface area contributed by atoms with Crippen molar-refractivity contribution in [2.75, 3.05) is 18.8 Å². The van der Waals surface area contributed by atoms with Crippen molar-refractivity contribution in [2.45, 2.75) is 31.3 Å². The molecule has 2 atom stereocenters. The second kappa shape index (κ2) is 4.59. The Morgan fingerprint density at radius 1 is 1.20 bits per heavy atom. The fourth-order valence-electron chi connectivity index (χ4n) is 3.79. The number of imidazole rings is 1. The lowest BCUT2D eigenvalue weighted by Crippen LogP contribution is -2.27. The van der Waals surface area contributed by atoms with Crippen LogP contribution >= 0.6 is 0 Å². The van der Waals surface area contributed by atoms with Gasteiger partial charge in [0.2, 0.25) is 0 Å². The lowest BCUT2D eigenvalue weighted by Gasteiger charge is -2.23. The number of aromatic nitrogens is 3. The van der Waals surface area contributed by atoms with Crippen molar-refractivity contribution in [2.24, 2.45) is 0 Å². The molecule has 0 aromatic carbocycles. The second-order valence-corrected chi connectivity index (χ2v) is 5.72. The quantitative estimate of drug-likeness (QED) is 0.905. The smallest absolute Gasteiger partial charge is 0.132 e. The standard InChI is InChI=1S/C15H19N5/c16-15-11(3-1-6-18-15)14-9-17-10-20(14)13-5-8-19-7-2-4-12(13)19/h1,3,6,9-10,12-13H,2,4-5,7-8H2,(H2,16,18). The molecule has 0 bridgehead atoms. The van der Waals surface area contributed by atoms with Crippen molar-refractivity contribution < 1.29 is 0 Å². The maximum absolute atomic E-state index is 6.02. The Morgan fingerprint density at radius 3 is 3.05 bits per heavy atom. The molecule has 20 heavy (non-hydrogen) atoms. The number of hydrogen-bond donors (Lipinski definition) is 1. The molecule has 2 aliphatic rings. The summed E-state index contributed by atoms with van der Waals surface area (Å²) in [6, 6.07) is 5.15. The van der Waals surface area contributed by atoms with Crippen molar-refractivity contribution in [1.29, 1.82) is 0 Å². The van der Waals surface area contributed by atoms with E-state index in [1.165, 1.54) is 32.4 Å². The Hall–Kier alpha value is -1.88. The summed E-state index contributed by atoms with van der Waals surface area (Å²) in [5, 5.41) is 0. The van der Waals surface area contributed by atoms with Crippen LogP contribution in [0.2, 0.25) is 0 Å². The molecule has 5 heteroatoms. The second-order valence-electron chi connectivity index (χ2n) is 5.72. The number of pyridine rings is 1. The summed E-state index contributed by atoms with van der Waals surface area (Å²) in [5.41, 5.74) is 8.10. The van der Waals surface area contributed by atoms with Crippen LogP contribution in [0.15, 0.2) is 30.9 Å². The van der Waals surface area contributed by atoms with E-state index in [2.05, 4.69) is 19.4 Å². The van der Waals surface area contributed by atoms with Crippen molar-refractivity contribution >= 4 is 5.82 Å². The van der Waals surface area contributed by atoms with Crippen molar-refractivity contribution in [3.05, 3.63) is 30.9 Å². The number of hydrogen-bond acceptors (Lipinski definition) is 4. The Kier molecular flexibility index (Phi) is 2.73. The SMILES string of the molecule is Nc1ncccc1-c1cncn1C1CCN2CCCC12. The summed E-state index contributed by atoms with van der Waals surface area (Å²) < 4.78 is 2.31. The van der Waals surface area contributed by atoms with Crippen LogP contribution in [0.4, 0.5) is 5.82 Å². The zero-order valence-corrected chi connectivity index (χ0v) is 11.4. The van der Waals surface area contributed by atoms with Gasteiger partial charge in [0, 0.05) is 24.3 Å². The summed E-state index contributed by atoms with van der Waals surface area (Å²) in [6.45, 7) is 2.45. The lowest BCUT2D eigenvalue weighted by molar-refractivity contribution is 0.291. The van der Waals surface area contributed by atoms with E-state index in [1.807, 2.05) is 24.7 Å². The predicted octanol–water partition coefficient (Wildman–Crippen LogP) is 1.94. The van der Waals surface area contributed by atoms with Gasteiger partial charge in [-0.15, -0.1) is 0 Å². The Labute approximate surface area is 118 Å². The van der Waals surface area contributed by atoms with Crippen LogP contribution in [0.1, 0.15) is 25.3 Å². The molecule has 0 spiro atoms. The van der Waals surface area contributed by atoms with Crippen molar-refractivity contribution in [3.8, 4) is 11.3 Å². The summed E-state index contributed by atoms with van der Waals surface area (Å²) in [5.74, 6) is 0.579. The molecular weight excluding hydrogens is 250 g/mol. The highest BCUT2D eigenvalue weighted by Crippen LogP contribution is 2.38. The van der Waals surface area contributed by atoms with Gasteiger partial charge in [-0.1, -0.05) is 0 Å². The van der Waals surface area contributed by atoms with Gasteiger partial charge in [0.25, 0.3) is 0 Å².